The summed E-state index contributed by atoms with van der Waals surface area (Å²) in [5.74, 6) is 0. The minimum absolute atomic E-state index is 0.0560. The molecule has 0 spiro atoms. The second-order valence-corrected chi connectivity index (χ2v) is 6.59. The van der Waals surface area contributed by atoms with Crippen LogP contribution in [0.1, 0.15) is 17.2 Å². The van der Waals surface area contributed by atoms with Crippen LogP contribution in [0, 0.1) is 0 Å². The van der Waals surface area contributed by atoms with E-state index in [9.17, 15) is 4.79 Å². The first-order valence-electron chi connectivity index (χ1n) is 8.74. The summed E-state index contributed by atoms with van der Waals surface area (Å²) in [4.78, 5) is 14.4. The Morgan fingerprint density at radius 3 is 2.50 bits per heavy atom. The van der Waals surface area contributed by atoms with Crippen molar-refractivity contribution in [3.05, 3.63) is 70.7 Å². The molecule has 1 N–H and O–H groups in total. The Morgan fingerprint density at radius 2 is 1.81 bits per heavy atom. The summed E-state index contributed by atoms with van der Waals surface area (Å²) in [6.07, 6.45) is -0.416. The summed E-state index contributed by atoms with van der Waals surface area (Å²) in [6, 6.07) is 17.4. The number of benzene rings is 2. The van der Waals surface area contributed by atoms with Gasteiger partial charge in [0.25, 0.3) is 0 Å². The lowest BCUT2D eigenvalue weighted by atomic mass is 10.0. The molecule has 5 nitrogen and oxygen atoms in total. The van der Waals surface area contributed by atoms with Crippen molar-refractivity contribution in [2.75, 3.05) is 32.8 Å². The predicted octanol–water partition coefficient (Wildman–Crippen LogP) is 3.64. The molecule has 0 bridgehead atoms. The van der Waals surface area contributed by atoms with Gasteiger partial charge in [-0.1, -0.05) is 54.1 Å². The second-order valence-electron chi connectivity index (χ2n) is 6.16. The normalized spacial score (nSPS) is 16.0. The number of halogens is 1. The largest absolute Gasteiger partial charge is 0.445 e. The molecular weight excluding hydrogens is 352 g/mol. The van der Waals surface area contributed by atoms with E-state index in [-0.39, 0.29) is 12.6 Å². The third kappa shape index (κ3) is 5.46. The van der Waals surface area contributed by atoms with Crippen LogP contribution in [0.4, 0.5) is 4.79 Å². The third-order valence-corrected chi connectivity index (χ3v) is 4.65. The summed E-state index contributed by atoms with van der Waals surface area (Å²) in [7, 11) is 0. The van der Waals surface area contributed by atoms with Gasteiger partial charge in [-0.3, -0.25) is 4.90 Å². The molecule has 1 fully saturated rings. The first kappa shape index (κ1) is 18.7. The monoisotopic (exact) mass is 374 g/mol. The number of nitrogens with one attached hydrogen (secondary N) is 1. The van der Waals surface area contributed by atoms with Crippen LogP contribution in [0.3, 0.4) is 0 Å². The van der Waals surface area contributed by atoms with E-state index in [4.69, 9.17) is 21.1 Å². The fraction of sp³-hybridized carbons (Fsp3) is 0.350. The summed E-state index contributed by atoms with van der Waals surface area (Å²) >= 11 is 6.01. The van der Waals surface area contributed by atoms with Gasteiger partial charge >= 0.3 is 6.09 Å². The molecule has 1 amide bonds. The highest BCUT2D eigenvalue weighted by molar-refractivity contribution is 6.30. The van der Waals surface area contributed by atoms with Gasteiger partial charge < -0.3 is 14.8 Å². The van der Waals surface area contributed by atoms with Crippen molar-refractivity contribution in [1.29, 1.82) is 0 Å². The molecule has 1 atom stereocenters. The van der Waals surface area contributed by atoms with E-state index in [0.29, 0.717) is 24.8 Å². The van der Waals surface area contributed by atoms with Gasteiger partial charge in [0, 0.05) is 24.7 Å². The topological polar surface area (TPSA) is 50.8 Å². The number of morpholine rings is 1. The number of nitrogens with zero attached hydrogens (tertiary/aromatic N) is 1. The van der Waals surface area contributed by atoms with E-state index in [0.717, 1.165) is 24.2 Å². The number of alkyl carbamates (subject to hydrolysis) is 1. The fourth-order valence-corrected chi connectivity index (χ4v) is 3.11. The SMILES string of the molecule is O=C(NCC(c1ccc(Cl)cc1)N1CCOCC1)OCc1ccccc1. The van der Waals surface area contributed by atoms with Crippen molar-refractivity contribution >= 4 is 17.7 Å². The molecule has 26 heavy (non-hydrogen) atoms. The van der Waals surface area contributed by atoms with Crippen molar-refractivity contribution in [2.45, 2.75) is 12.6 Å². The molecule has 1 aliphatic rings. The van der Waals surface area contributed by atoms with Crippen molar-refractivity contribution in [3.63, 3.8) is 0 Å². The van der Waals surface area contributed by atoms with Crippen LogP contribution in [-0.2, 0) is 16.1 Å². The molecule has 0 aromatic heterocycles. The number of ether oxygens (including phenoxy) is 2. The van der Waals surface area contributed by atoms with E-state index >= 15 is 0 Å². The Morgan fingerprint density at radius 1 is 1.12 bits per heavy atom. The van der Waals surface area contributed by atoms with Gasteiger partial charge in [-0.2, -0.15) is 0 Å². The molecule has 1 saturated heterocycles. The third-order valence-electron chi connectivity index (χ3n) is 4.39. The van der Waals surface area contributed by atoms with Crippen LogP contribution in [0.2, 0.25) is 5.02 Å². The molecule has 0 radical (unpaired) electrons. The highest BCUT2D eigenvalue weighted by atomic mass is 35.5. The predicted molar refractivity (Wildman–Crippen MR) is 101 cm³/mol. The standard InChI is InChI=1S/C20H23ClN2O3/c21-18-8-6-17(7-9-18)19(23-10-12-25-13-11-23)14-22-20(24)26-15-16-4-2-1-3-5-16/h1-9,19H,10-15H2,(H,22,24). The van der Waals surface area contributed by atoms with Gasteiger partial charge in [0.05, 0.1) is 19.3 Å². The Balaban J connectivity index is 1.58. The first-order chi connectivity index (χ1) is 12.7. The maximum Gasteiger partial charge on any atom is 0.407 e. The zero-order chi connectivity index (χ0) is 18.2. The van der Waals surface area contributed by atoms with Crippen LogP contribution >= 0.6 is 11.6 Å². The minimum Gasteiger partial charge on any atom is -0.445 e. The average molecular weight is 375 g/mol. The molecule has 1 aliphatic heterocycles. The Hall–Kier alpha value is -2.08. The smallest absolute Gasteiger partial charge is 0.407 e. The van der Waals surface area contributed by atoms with Gasteiger partial charge in [0.2, 0.25) is 0 Å². The van der Waals surface area contributed by atoms with Crippen LogP contribution < -0.4 is 5.32 Å². The maximum absolute atomic E-state index is 12.1. The molecule has 1 unspecified atom stereocenters. The van der Waals surface area contributed by atoms with E-state index in [1.54, 1.807) is 0 Å². The summed E-state index contributed by atoms with van der Waals surface area (Å²) in [6.45, 7) is 3.78. The lowest BCUT2D eigenvalue weighted by Gasteiger charge is -2.34. The van der Waals surface area contributed by atoms with Gasteiger partial charge in [0.1, 0.15) is 6.61 Å². The van der Waals surface area contributed by atoms with Crippen molar-refractivity contribution in [2.24, 2.45) is 0 Å². The lowest BCUT2D eigenvalue weighted by Crippen LogP contribution is -2.43. The molecule has 6 heteroatoms. The van der Waals surface area contributed by atoms with E-state index in [1.165, 1.54) is 0 Å². The summed E-state index contributed by atoms with van der Waals surface area (Å²) in [5.41, 5.74) is 2.07. The average Bonchev–Trinajstić information content (AvgIpc) is 2.69. The summed E-state index contributed by atoms with van der Waals surface area (Å²) < 4.78 is 10.7. The Bertz CT molecular complexity index is 688. The summed E-state index contributed by atoms with van der Waals surface area (Å²) in [5, 5.41) is 3.59. The zero-order valence-electron chi connectivity index (χ0n) is 14.6. The number of amides is 1. The minimum atomic E-state index is -0.416. The van der Waals surface area contributed by atoms with E-state index in [2.05, 4.69) is 10.2 Å². The lowest BCUT2D eigenvalue weighted by molar-refractivity contribution is 0.0160. The Kier molecular flexibility index (Phi) is 6.89. The molecular formula is C20H23ClN2O3. The molecule has 0 saturated carbocycles. The number of hydrogen-bond acceptors (Lipinski definition) is 4. The molecule has 3 rings (SSSR count). The van der Waals surface area contributed by atoms with Crippen LogP contribution in [0.15, 0.2) is 54.6 Å². The molecule has 2 aromatic rings. The van der Waals surface area contributed by atoms with Crippen molar-refractivity contribution < 1.29 is 14.3 Å². The first-order valence-corrected chi connectivity index (χ1v) is 9.12. The van der Waals surface area contributed by atoms with Crippen LogP contribution in [0.25, 0.3) is 0 Å². The molecule has 138 valence electrons. The zero-order valence-corrected chi connectivity index (χ0v) is 15.3. The second kappa shape index (κ2) is 9.57. The quantitative estimate of drug-likeness (QED) is 0.838. The van der Waals surface area contributed by atoms with Crippen molar-refractivity contribution in [3.8, 4) is 0 Å². The van der Waals surface area contributed by atoms with Gasteiger partial charge in [-0.05, 0) is 23.3 Å². The van der Waals surface area contributed by atoms with Gasteiger partial charge in [-0.25, -0.2) is 4.79 Å². The number of hydrogen-bond donors (Lipinski definition) is 1. The highest BCUT2D eigenvalue weighted by Gasteiger charge is 2.23. The highest BCUT2D eigenvalue weighted by Crippen LogP contribution is 2.23. The van der Waals surface area contributed by atoms with Gasteiger partial charge in [-0.15, -0.1) is 0 Å². The molecule has 0 aliphatic carbocycles. The Labute approximate surface area is 158 Å². The van der Waals surface area contributed by atoms with Crippen LogP contribution in [-0.4, -0.2) is 43.8 Å². The van der Waals surface area contributed by atoms with E-state index < -0.39 is 6.09 Å². The van der Waals surface area contributed by atoms with Gasteiger partial charge in [0.15, 0.2) is 0 Å². The van der Waals surface area contributed by atoms with Crippen LogP contribution in [0.5, 0.6) is 0 Å². The van der Waals surface area contributed by atoms with Crippen molar-refractivity contribution in [1.82, 2.24) is 10.2 Å². The van der Waals surface area contributed by atoms with E-state index in [1.807, 2.05) is 54.6 Å². The number of carbonyl (C=O) groups is 1. The number of carbonyl (C=O) groups excluding carboxylic acids is 1. The molecule has 2 aromatic carbocycles. The number of rotatable bonds is 6. The maximum atomic E-state index is 12.1. The fourth-order valence-electron chi connectivity index (χ4n) is 2.99. The molecule has 1 heterocycles.